The molecule has 136 valence electrons. The molecule has 3 rings (SSSR count). The number of nitrogens with zero attached hydrogens (tertiary/aromatic N) is 1. The van der Waals surface area contributed by atoms with Crippen molar-refractivity contribution in [3.8, 4) is 0 Å². The number of nitrogens with one attached hydrogen (secondary N) is 2. The minimum atomic E-state index is -0.246. The fourth-order valence-electron chi connectivity index (χ4n) is 2.89. The van der Waals surface area contributed by atoms with Gasteiger partial charge in [-0.15, -0.1) is 0 Å². The Labute approximate surface area is 162 Å². The lowest BCUT2D eigenvalue weighted by Gasteiger charge is -2.32. The lowest BCUT2D eigenvalue weighted by molar-refractivity contribution is 0.0919. The van der Waals surface area contributed by atoms with Crippen LogP contribution in [-0.4, -0.2) is 36.0 Å². The molecule has 1 aliphatic heterocycles. The van der Waals surface area contributed by atoms with E-state index >= 15 is 0 Å². The van der Waals surface area contributed by atoms with Gasteiger partial charge in [-0.1, -0.05) is 47.5 Å². The Hall–Kier alpha value is -2.24. The minimum Gasteiger partial charge on any atom is -0.349 e. The molecule has 3 amide bonds. The SMILES string of the molecule is O=C(NC1CCN(C(=O)Nc2ccccc2)CC1)c1cccc(Cl)c1Cl. The molecule has 0 aliphatic carbocycles. The Morgan fingerprint density at radius 2 is 1.65 bits per heavy atom. The topological polar surface area (TPSA) is 61.4 Å². The molecule has 0 atom stereocenters. The van der Waals surface area contributed by atoms with E-state index in [4.69, 9.17) is 23.2 Å². The predicted octanol–water partition coefficient (Wildman–Crippen LogP) is 4.42. The van der Waals surface area contributed by atoms with Gasteiger partial charge in [-0.3, -0.25) is 4.79 Å². The molecule has 1 heterocycles. The maximum absolute atomic E-state index is 12.4. The van der Waals surface area contributed by atoms with E-state index in [1.54, 1.807) is 23.1 Å². The average Bonchev–Trinajstić information content (AvgIpc) is 2.65. The molecule has 26 heavy (non-hydrogen) atoms. The summed E-state index contributed by atoms with van der Waals surface area (Å²) in [5.41, 5.74) is 1.13. The number of anilines is 1. The first kappa shape index (κ1) is 18.5. The Morgan fingerprint density at radius 1 is 0.962 bits per heavy atom. The molecule has 2 N–H and O–H groups in total. The van der Waals surface area contributed by atoms with Crippen molar-refractivity contribution >= 4 is 40.8 Å². The second-order valence-corrected chi connectivity index (χ2v) is 6.92. The number of para-hydroxylation sites is 1. The molecule has 5 nitrogen and oxygen atoms in total. The second kappa shape index (κ2) is 8.43. The zero-order chi connectivity index (χ0) is 18.5. The van der Waals surface area contributed by atoms with Gasteiger partial charge in [0.25, 0.3) is 5.91 Å². The fraction of sp³-hybridized carbons (Fsp3) is 0.263. The van der Waals surface area contributed by atoms with Crippen LogP contribution < -0.4 is 10.6 Å². The molecule has 0 aromatic heterocycles. The van der Waals surface area contributed by atoms with Crippen LogP contribution in [0.4, 0.5) is 10.5 Å². The highest BCUT2D eigenvalue weighted by Gasteiger charge is 2.25. The first-order chi connectivity index (χ1) is 12.5. The normalized spacial score (nSPS) is 14.8. The zero-order valence-electron chi connectivity index (χ0n) is 14.0. The minimum absolute atomic E-state index is 0.00155. The largest absolute Gasteiger partial charge is 0.349 e. The number of piperidine rings is 1. The maximum atomic E-state index is 12.4. The Balaban J connectivity index is 1.51. The Kier molecular flexibility index (Phi) is 6.01. The molecule has 7 heteroatoms. The lowest BCUT2D eigenvalue weighted by Crippen LogP contribution is -2.47. The van der Waals surface area contributed by atoms with Crippen molar-refractivity contribution in [2.24, 2.45) is 0 Å². The van der Waals surface area contributed by atoms with Gasteiger partial charge in [-0.25, -0.2) is 4.79 Å². The Bertz CT molecular complexity index is 791. The van der Waals surface area contributed by atoms with E-state index in [0.29, 0.717) is 36.5 Å². The molecule has 1 aliphatic rings. The summed E-state index contributed by atoms with van der Waals surface area (Å²) >= 11 is 12.1. The standard InChI is InChI=1S/C19H19Cl2N3O2/c20-16-8-4-7-15(17(16)21)18(25)22-14-9-11-24(12-10-14)19(26)23-13-5-2-1-3-6-13/h1-8,14H,9-12H2,(H,22,25)(H,23,26). The molecular formula is C19H19Cl2N3O2. The number of carbonyl (C=O) groups is 2. The van der Waals surface area contributed by atoms with Gasteiger partial charge in [0.05, 0.1) is 15.6 Å². The quantitative estimate of drug-likeness (QED) is 0.813. The average molecular weight is 392 g/mol. The lowest BCUT2D eigenvalue weighted by atomic mass is 10.0. The second-order valence-electron chi connectivity index (χ2n) is 6.13. The van der Waals surface area contributed by atoms with Crippen LogP contribution in [-0.2, 0) is 0 Å². The van der Waals surface area contributed by atoms with E-state index in [1.165, 1.54) is 0 Å². The number of urea groups is 1. The summed E-state index contributed by atoms with van der Waals surface area (Å²) in [5, 5.41) is 6.46. The molecule has 2 aromatic carbocycles. The van der Waals surface area contributed by atoms with Crippen molar-refractivity contribution in [1.82, 2.24) is 10.2 Å². The third kappa shape index (κ3) is 4.48. The molecular weight excluding hydrogens is 373 g/mol. The number of halogens is 2. The molecule has 1 fully saturated rings. The van der Waals surface area contributed by atoms with Crippen LogP contribution >= 0.6 is 23.2 Å². The van der Waals surface area contributed by atoms with Crippen LogP contribution in [0.25, 0.3) is 0 Å². The van der Waals surface area contributed by atoms with Gasteiger partial charge >= 0.3 is 6.03 Å². The van der Waals surface area contributed by atoms with Crippen LogP contribution in [0.5, 0.6) is 0 Å². The van der Waals surface area contributed by atoms with E-state index in [-0.39, 0.29) is 23.0 Å². The number of likely N-dealkylation sites (tertiary alicyclic amines) is 1. The summed E-state index contributed by atoms with van der Waals surface area (Å²) in [6, 6.07) is 14.2. The summed E-state index contributed by atoms with van der Waals surface area (Å²) < 4.78 is 0. The van der Waals surface area contributed by atoms with Gasteiger partial charge in [-0.05, 0) is 37.1 Å². The van der Waals surface area contributed by atoms with Crippen LogP contribution in [0.15, 0.2) is 48.5 Å². The number of amides is 3. The van der Waals surface area contributed by atoms with Gasteiger partial charge in [0, 0.05) is 24.8 Å². The fourth-order valence-corrected chi connectivity index (χ4v) is 3.28. The van der Waals surface area contributed by atoms with Crippen molar-refractivity contribution in [2.75, 3.05) is 18.4 Å². The van der Waals surface area contributed by atoms with Crippen LogP contribution in [0.2, 0.25) is 10.0 Å². The highest BCUT2D eigenvalue weighted by molar-refractivity contribution is 6.43. The van der Waals surface area contributed by atoms with Crippen LogP contribution in [0.1, 0.15) is 23.2 Å². The number of carbonyl (C=O) groups excluding carboxylic acids is 2. The monoisotopic (exact) mass is 391 g/mol. The van der Waals surface area contributed by atoms with Gasteiger partial charge in [0.15, 0.2) is 0 Å². The van der Waals surface area contributed by atoms with Crippen molar-refractivity contribution < 1.29 is 9.59 Å². The molecule has 0 bridgehead atoms. The van der Waals surface area contributed by atoms with Crippen molar-refractivity contribution in [3.05, 3.63) is 64.1 Å². The van der Waals surface area contributed by atoms with E-state index in [9.17, 15) is 9.59 Å². The summed E-state index contributed by atoms with van der Waals surface area (Å²) in [4.78, 5) is 26.4. The van der Waals surface area contributed by atoms with Crippen molar-refractivity contribution in [3.63, 3.8) is 0 Å². The van der Waals surface area contributed by atoms with Crippen molar-refractivity contribution in [1.29, 1.82) is 0 Å². The highest BCUT2D eigenvalue weighted by atomic mass is 35.5. The van der Waals surface area contributed by atoms with E-state index < -0.39 is 0 Å². The predicted molar refractivity (Wildman–Crippen MR) is 104 cm³/mol. The highest BCUT2D eigenvalue weighted by Crippen LogP contribution is 2.25. The molecule has 0 radical (unpaired) electrons. The third-order valence-corrected chi connectivity index (χ3v) is 5.16. The number of hydrogen-bond acceptors (Lipinski definition) is 2. The zero-order valence-corrected chi connectivity index (χ0v) is 15.6. The number of rotatable bonds is 3. The molecule has 1 saturated heterocycles. The van der Waals surface area contributed by atoms with E-state index in [1.807, 2.05) is 30.3 Å². The molecule has 0 saturated carbocycles. The van der Waals surface area contributed by atoms with Gasteiger partial charge < -0.3 is 15.5 Å². The maximum Gasteiger partial charge on any atom is 0.321 e. The number of hydrogen-bond donors (Lipinski definition) is 2. The summed E-state index contributed by atoms with van der Waals surface area (Å²) in [5.74, 6) is -0.246. The summed E-state index contributed by atoms with van der Waals surface area (Å²) in [7, 11) is 0. The molecule has 2 aromatic rings. The van der Waals surface area contributed by atoms with Gasteiger partial charge in [-0.2, -0.15) is 0 Å². The van der Waals surface area contributed by atoms with Crippen LogP contribution in [0, 0.1) is 0 Å². The first-order valence-corrected chi connectivity index (χ1v) is 9.16. The Morgan fingerprint density at radius 3 is 2.35 bits per heavy atom. The van der Waals surface area contributed by atoms with Crippen LogP contribution in [0.3, 0.4) is 0 Å². The van der Waals surface area contributed by atoms with E-state index in [2.05, 4.69) is 10.6 Å². The van der Waals surface area contributed by atoms with Gasteiger partial charge in [0.1, 0.15) is 0 Å². The summed E-state index contributed by atoms with van der Waals surface area (Å²) in [6.07, 6.45) is 1.37. The van der Waals surface area contributed by atoms with Crippen molar-refractivity contribution in [2.45, 2.75) is 18.9 Å². The van der Waals surface area contributed by atoms with Gasteiger partial charge in [0.2, 0.25) is 0 Å². The molecule has 0 unspecified atom stereocenters. The van der Waals surface area contributed by atoms with E-state index in [0.717, 1.165) is 5.69 Å². The first-order valence-electron chi connectivity index (χ1n) is 8.40. The third-order valence-electron chi connectivity index (χ3n) is 4.34. The summed E-state index contributed by atoms with van der Waals surface area (Å²) in [6.45, 7) is 1.15. The smallest absolute Gasteiger partial charge is 0.321 e. The molecule has 0 spiro atoms. The number of benzene rings is 2.